The Morgan fingerprint density at radius 1 is 1.12 bits per heavy atom. The quantitative estimate of drug-likeness (QED) is 0.595. The zero-order valence-electron chi connectivity index (χ0n) is 10.8. The van der Waals surface area contributed by atoms with Crippen LogP contribution in [-0.4, -0.2) is 0 Å². The number of hydrogen-bond acceptors (Lipinski definition) is 0. The second kappa shape index (κ2) is 3.76. The summed E-state index contributed by atoms with van der Waals surface area (Å²) in [6.07, 6.45) is 17.1. The van der Waals surface area contributed by atoms with Crippen molar-refractivity contribution >= 4 is 0 Å². The summed E-state index contributed by atoms with van der Waals surface area (Å²) >= 11 is 0. The molecule has 0 aliphatic heterocycles. The Hall–Kier alpha value is -1.04. The average molecular weight is 214 g/mol. The molecule has 86 valence electrons. The zero-order chi connectivity index (χ0) is 11.8. The van der Waals surface area contributed by atoms with Gasteiger partial charge in [-0.05, 0) is 24.7 Å². The summed E-state index contributed by atoms with van der Waals surface area (Å²) in [5.41, 5.74) is 1.96. The van der Waals surface area contributed by atoms with Crippen LogP contribution < -0.4 is 0 Å². The van der Waals surface area contributed by atoms with E-state index in [9.17, 15) is 0 Å². The summed E-state index contributed by atoms with van der Waals surface area (Å²) in [5.74, 6) is 0.595. The highest BCUT2D eigenvalue weighted by molar-refractivity contribution is 5.31. The molecule has 0 N–H and O–H groups in total. The molecule has 2 aliphatic carbocycles. The molecule has 0 saturated heterocycles. The fraction of sp³-hybridized carbons (Fsp3) is 0.500. The van der Waals surface area contributed by atoms with E-state index in [0.717, 1.165) is 0 Å². The first kappa shape index (κ1) is 11.4. The van der Waals surface area contributed by atoms with Gasteiger partial charge in [-0.15, -0.1) is 0 Å². The highest BCUT2D eigenvalue weighted by Gasteiger charge is 2.44. The highest BCUT2D eigenvalue weighted by Crippen LogP contribution is 2.53. The molecule has 0 spiro atoms. The zero-order valence-corrected chi connectivity index (χ0v) is 10.8. The van der Waals surface area contributed by atoms with Gasteiger partial charge >= 0.3 is 0 Å². The minimum absolute atomic E-state index is 0.230. The van der Waals surface area contributed by atoms with E-state index in [0.29, 0.717) is 5.92 Å². The van der Waals surface area contributed by atoms with Crippen molar-refractivity contribution in [2.24, 2.45) is 16.7 Å². The molecule has 0 aromatic carbocycles. The molecule has 3 unspecified atom stereocenters. The Balaban J connectivity index is 2.37. The maximum Gasteiger partial charge on any atom is 0.000818 e. The molecule has 0 aromatic rings. The Labute approximate surface area is 99.4 Å². The molecule has 0 aromatic heterocycles. The summed E-state index contributed by atoms with van der Waals surface area (Å²) in [6.45, 7) is 9.34. The third-order valence-corrected chi connectivity index (χ3v) is 4.62. The van der Waals surface area contributed by atoms with Crippen LogP contribution in [0.5, 0.6) is 0 Å². The minimum Gasteiger partial charge on any atom is -0.0808 e. The fourth-order valence-electron chi connectivity index (χ4n) is 3.04. The van der Waals surface area contributed by atoms with Crippen LogP contribution in [0.4, 0.5) is 0 Å². The summed E-state index contributed by atoms with van der Waals surface area (Å²) in [4.78, 5) is 0. The van der Waals surface area contributed by atoms with Crippen molar-refractivity contribution < 1.29 is 0 Å². The second-order valence-corrected chi connectivity index (χ2v) is 5.78. The lowest BCUT2D eigenvalue weighted by Gasteiger charge is -2.48. The van der Waals surface area contributed by atoms with Crippen LogP contribution in [0.25, 0.3) is 0 Å². The van der Waals surface area contributed by atoms with E-state index in [1.807, 2.05) is 0 Å². The lowest BCUT2D eigenvalue weighted by Crippen LogP contribution is -2.40. The average Bonchev–Trinajstić information content (AvgIpc) is 2.22. The molecule has 0 radical (unpaired) electrons. The van der Waals surface area contributed by atoms with Crippen molar-refractivity contribution in [2.45, 2.75) is 34.1 Å². The van der Waals surface area contributed by atoms with Gasteiger partial charge in [-0.1, -0.05) is 68.9 Å². The molecule has 0 heterocycles. The fourth-order valence-corrected chi connectivity index (χ4v) is 3.04. The largest absolute Gasteiger partial charge is 0.0808 e. The summed E-state index contributed by atoms with van der Waals surface area (Å²) in [5, 5.41) is 0. The first-order valence-corrected chi connectivity index (χ1v) is 6.19. The number of allylic oxidation sites excluding steroid dienone is 8. The highest BCUT2D eigenvalue weighted by atomic mass is 14.5. The van der Waals surface area contributed by atoms with Gasteiger partial charge in [0.25, 0.3) is 0 Å². The summed E-state index contributed by atoms with van der Waals surface area (Å²) in [7, 11) is 0. The van der Waals surface area contributed by atoms with Crippen molar-refractivity contribution in [3.05, 3.63) is 48.1 Å². The molecule has 2 aliphatic rings. The minimum atomic E-state index is 0.230. The standard InChI is InChI=1S/C16H22/c1-13-8-7-10-15(3,12-13)16(4)11-6-5-9-14(16)2/h5-11,14H,12H2,1-4H3. The monoisotopic (exact) mass is 214 g/mol. The first-order chi connectivity index (χ1) is 7.48. The van der Waals surface area contributed by atoms with Crippen molar-refractivity contribution in [1.29, 1.82) is 0 Å². The van der Waals surface area contributed by atoms with E-state index >= 15 is 0 Å². The van der Waals surface area contributed by atoms with E-state index in [2.05, 4.69) is 70.2 Å². The first-order valence-electron chi connectivity index (χ1n) is 6.19. The Bertz CT molecular complexity index is 394. The van der Waals surface area contributed by atoms with Crippen LogP contribution >= 0.6 is 0 Å². The molecular weight excluding hydrogens is 192 g/mol. The Kier molecular flexibility index (Phi) is 2.69. The second-order valence-electron chi connectivity index (χ2n) is 5.78. The maximum absolute atomic E-state index is 2.39. The van der Waals surface area contributed by atoms with Gasteiger partial charge in [0.2, 0.25) is 0 Å². The van der Waals surface area contributed by atoms with Gasteiger partial charge in [0.1, 0.15) is 0 Å². The van der Waals surface area contributed by atoms with Gasteiger partial charge in [-0.25, -0.2) is 0 Å². The molecule has 3 atom stereocenters. The van der Waals surface area contributed by atoms with Gasteiger partial charge in [0, 0.05) is 5.41 Å². The molecule has 0 amide bonds. The SMILES string of the molecule is CC1=CC=CC(C)(C2(C)C=CC=CC2C)C1. The van der Waals surface area contributed by atoms with E-state index in [1.165, 1.54) is 12.0 Å². The third kappa shape index (κ3) is 1.61. The molecule has 2 rings (SSSR count). The normalized spacial score (nSPS) is 42.2. The summed E-state index contributed by atoms with van der Waals surface area (Å²) in [6, 6.07) is 0. The third-order valence-electron chi connectivity index (χ3n) is 4.62. The van der Waals surface area contributed by atoms with Gasteiger partial charge < -0.3 is 0 Å². The van der Waals surface area contributed by atoms with Crippen LogP contribution in [0.1, 0.15) is 34.1 Å². The lowest BCUT2D eigenvalue weighted by molar-refractivity contribution is 0.129. The molecule has 0 bridgehead atoms. The topological polar surface area (TPSA) is 0 Å². The van der Waals surface area contributed by atoms with Crippen molar-refractivity contribution in [3.8, 4) is 0 Å². The van der Waals surface area contributed by atoms with Crippen LogP contribution in [0.2, 0.25) is 0 Å². The predicted molar refractivity (Wildman–Crippen MR) is 71.2 cm³/mol. The van der Waals surface area contributed by atoms with Crippen LogP contribution in [0.3, 0.4) is 0 Å². The predicted octanol–water partition coefficient (Wildman–Crippen LogP) is 4.67. The molecular formula is C16H22. The molecule has 0 nitrogen and oxygen atoms in total. The van der Waals surface area contributed by atoms with Crippen molar-refractivity contribution in [3.63, 3.8) is 0 Å². The van der Waals surface area contributed by atoms with E-state index in [4.69, 9.17) is 0 Å². The van der Waals surface area contributed by atoms with Crippen LogP contribution in [0.15, 0.2) is 48.1 Å². The molecule has 16 heavy (non-hydrogen) atoms. The van der Waals surface area contributed by atoms with E-state index in [-0.39, 0.29) is 10.8 Å². The van der Waals surface area contributed by atoms with Gasteiger partial charge in [-0.2, -0.15) is 0 Å². The van der Waals surface area contributed by atoms with Crippen molar-refractivity contribution in [1.82, 2.24) is 0 Å². The number of rotatable bonds is 1. The molecule has 0 fully saturated rings. The lowest BCUT2D eigenvalue weighted by atomic mass is 9.55. The van der Waals surface area contributed by atoms with Crippen LogP contribution in [0, 0.1) is 16.7 Å². The van der Waals surface area contributed by atoms with Gasteiger partial charge in [-0.3, -0.25) is 0 Å². The van der Waals surface area contributed by atoms with E-state index < -0.39 is 0 Å². The Morgan fingerprint density at radius 3 is 2.50 bits per heavy atom. The molecule has 0 saturated carbocycles. The molecule has 0 heteroatoms. The van der Waals surface area contributed by atoms with Gasteiger partial charge in [0.15, 0.2) is 0 Å². The van der Waals surface area contributed by atoms with E-state index in [1.54, 1.807) is 0 Å². The number of hydrogen-bond donors (Lipinski definition) is 0. The Morgan fingerprint density at radius 2 is 1.88 bits per heavy atom. The summed E-state index contributed by atoms with van der Waals surface area (Å²) < 4.78 is 0. The van der Waals surface area contributed by atoms with Crippen molar-refractivity contribution in [2.75, 3.05) is 0 Å². The van der Waals surface area contributed by atoms with Crippen LogP contribution in [-0.2, 0) is 0 Å². The van der Waals surface area contributed by atoms with Gasteiger partial charge in [0.05, 0.1) is 0 Å². The smallest absolute Gasteiger partial charge is 0.000818 e. The maximum atomic E-state index is 2.39.